The topological polar surface area (TPSA) is 67.9 Å². The van der Waals surface area contributed by atoms with Crippen LogP contribution in [0.3, 0.4) is 0 Å². The predicted molar refractivity (Wildman–Crippen MR) is 148 cm³/mol. The van der Waals surface area contributed by atoms with Crippen molar-refractivity contribution in [3.05, 3.63) is 72.1 Å². The molecule has 1 heterocycles. The molecule has 4 rings (SSSR count). The third-order valence-corrected chi connectivity index (χ3v) is 8.11. The van der Waals surface area contributed by atoms with E-state index < -0.39 is 23.5 Å². The van der Waals surface area contributed by atoms with E-state index in [4.69, 9.17) is 32.8 Å². The smallest absolute Gasteiger partial charge is 0.429 e. The van der Waals surface area contributed by atoms with Crippen LogP contribution in [0.1, 0.15) is 50.3 Å². The van der Waals surface area contributed by atoms with Crippen molar-refractivity contribution in [2.75, 3.05) is 0 Å². The van der Waals surface area contributed by atoms with E-state index in [1.807, 2.05) is 0 Å². The number of nitrogens with one attached hydrogen (secondary N) is 1. The van der Waals surface area contributed by atoms with Crippen molar-refractivity contribution in [3.63, 3.8) is 0 Å². The number of hydrogen-bond acceptors (Lipinski definition) is 5. The van der Waals surface area contributed by atoms with Gasteiger partial charge in [0, 0.05) is 31.6 Å². The van der Waals surface area contributed by atoms with E-state index in [1.54, 1.807) is 39.0 Å². The van der Waals surface area contributed by atoms with Crippen LogP contribution >= 0.6 is 55.1 Å². The summed E-state index contributed by atoms with van der Waals surface area (Å²) in [7, 11) is 0. The molecule has 1 atom stereocenters. The van der Waals surface area contributed by atoms with Crippen molar-refractivity contribution in [1.29, 1.82) is 0 Å². The minimum atomic E-state index is -4.90. The zero-order chi connectivity index (χ0) is 28.9. The quantitative estimate of drug-likeness (QED) is 0.337. The second-order valence-electron chi connectivity index (χ2n) is 10.2. The monoisotopic (exact) mass is 712 g/mol. The number of amides is 2. The summed E-state index contributed by atoms with van der Waals surface area (Å²) in [4.78, 5) is 32.0. The van der Waals surface area contributed by atoms with Crippen molar-refractivity contribution in [3.8, 4) is 0 Å². The molecule has 13 heteroatoms. The Hall–Kier alpha value is -1.79. The standard InChI is InChI=1S/C26H23Br2Cl2F3N2O4/c1-24(2,3)38-23(37)35(22(36)13-4-5-13)12-15-7-6-14(8-19(15)27)20-21(28)25(39-34-20,26(31,32)33)16-9-17(29)11-18(30)10-16/h6-11,13,34H,4-5,12H2,1-3H3. The SMILES string of the molecule is CC(C)(C)OC(=O)N(Cc1ccc(C2=C(Br)C(c3cc(Cl)cc(Cl)c3)(C(F)(F)F)ON2)cc1Br)C(=O)C1CC1. The van der Waals surface area contributed by atoms with E-state index in [0.29, 0.717) is 28.4 Å². The number of nitrogens with zero attached hydrogens (tertiary/aromatic N) is 1. The summed E-state index contributed by atoms with van der Waals surface area (Å²) in [6.45, 7) is 5.03. The third kappa shape index (κ3) is 6.27. The van der Waals surface area contributed by atoms with Gasteiger partial charge in [-0.1, -0.05) is 51.3 Å². The summed E-state index contributed by atoms with van der Waals surface area (Å²) in [5, 5.41) is 0.0294. The largest absolute Gasteiger partial charge is 0.443 e. The number of alkyl halides is 3. The Morgan fingerprint density at radius 2 is 1.72 bits per heavy atom. The van der Waals surface area contributed by atoms with Gasteiger partial charge in [0.2, 0.25) is 11.5 Å². The molecule has 1 aliphatic heterocycles. The van der Waals surface area contributed by atoms with E-state index in [-0.39, 0.29) is 44.2 Å². The molecule has 2 aromatic carbocycles. The Labute approximate surface area is 250 Å². The number of hydroxylamine groups is 1. The average Bonchev–Trinajstić information content (AvgIpc) is 3.57. The minimum absolute atomic E-state index is 0.0147. The molecule has 1 fully saturated rings. The molecule has 210 valence electrons. The molecule has 2 aliphatic rings. The van der Waals surface area contributed by atoms with Crippen LogP contribution in [0, 0.1) is 5.92 Å². The Balaban J connectivity index is 1.69. The number of halogens is 7. The first-order valence-electron chi connectivity index (χ1n) is 11.7. The molecule has 0 aromatic heterocycles. The van der Waals surface area contributed by atoms with Gasteiger partial charge in [-0.05, 0) is 79.4 Å². The summed E-state index contributed by atoms with van der Waals surface area (Å²) in [6, 6.07) is 8.31. The molecular formula is C26H23Br2Cl2F3N2O4. The van der Waals surface area contributed by atoms with Crippen LogP contribution in [0.2, 0.25) is 10.0 Å². The zero-order valence-electron chi connectivity index (χ0n) is 20.9. The van der Waals surface area contributed by atoms with E-state index in [1.165, 1.54) is 6.07 Å². The number of carbonyl (C=O) groups excluding carboxylic acids is 2. The number of hydrogen-bond donors (Lipinski definition) is 1. The second kappa shape index (κ2) is 10.9. The van der Waals surface area contributed by atoms with Crippen molar-refractivity contribution in [1.82, 2.24) is 10.4 Å². The first-order valence-corrected chi connectivity index (χ1v) is 14.1. The van der Waals surface area contributed by atoms with Gasteiger partial charge in [0.1, 0.15) is 5.60 Å². The summed E-state index contributed by atoms with van der Waals surface area (Å²) < 4.78 is 49.1. The van der Waals surface area contributed by atoms with E-state index >= 15 is 0 Å². The first kappa shape index (κ1) is 30.2. The normalized spacial score (nSPS) is 19.6. The van der Waals surface area contributed by atoms with Gasteiger partial charge in [-0.15, -0.1) is 0 Å². The van der Waals surface area contributed by atoms with E-state index in [9.17, 15) is 22.8 Å². The number of ether oxygens (including phenoxy) is 1. The number of rotatable bonds is 5. The van der Waals surface area contributed by atoms with Gasteiger partial charge in [0.05, 0.1) is 16.7 Å². The molecule has 1 unspecified atom stereocenters. The van der Waals surface area contributed by atoms with Crippen LogP contribution in [-0.4, -0.2) is 28.7 Å². The molecule has 2 amide bonds. The maximum atomic E-state index is 14.5. The maximum absolute atomic E-state index is 14.5. The third-order valence-electron chi connectivity index (χ3n) is 5.98. The van der Waals surface area contributed by atoms with Gasteiger partial charge in [-0.3, -0.25) is 10.3 Å². The van der Waals surface area contributed by atoms with Gasteiger partial charge in [0.15, 0.2) is 0 Å². The molecule has 0 bridgehead atoms. The highest BCUT2D eigenvalue weighted by molar-refractivity contribution is 9.12. The molecule has 1 N–H and O–H groups in total. The van der Waals surface area contributed by atoms with E-state index in [2.05, 4.69) is 37.3 Å². The first-order chi connectivity index (χ1) is 18.0. The summed E-state index contributed by atoms with van der Waals surface area (Å²) in [5.74, 6) is -0.557. The molecular weight excluding hydrogens is 692 g/mol. The van der Waals surface area contributed by atoms with E-state index in [0.717, 1.165) is 17.0 Å². The molecule has 0 radical (unpaired) electrons. The molecule has 1 saturated carbocycles. The summed E-state index contributed by atoms with van der Waals surface area (Å²) in [6.07, 6.45) is -4.26. The molecule has 1 aliphatic carbocycles. The number of benzene rings is 2. The fourth-order valence-corrected chi connectivity index (χ4v) is 5.84. The van der Waals surface area contributed by atoms with Crippen molar-refractivity contribution < 1.29 is 32.3 Å². The van der Waals surface area contributed by atoms with Crippen molar-refractivity contribution in [2.24, 2.45) is 5.92 Å². The van der Waals surface area contributed by atoms with Crippen LogP contribution in [0.15, 0.2) is 45.4 Å². The molecule has 39 heavy (non-hydrogen) atoms. The lowest BCUT2D eigenvalue weighted by atomic mass is 9.91. The van der Waals surface area contributed by atoms with Crippen LogP contribution in [0.4, 0.5) is 18.0 Å². The average molecular weight is 715 g/mol. The van der Waals surface area contributed by atoms with Gasteiger partial charge in [-0.2, -0.15) is 13.2 Å². The second-order valence-corrected chi connectivity index (χ2v) is 12.7. The fraction of sp³-hybridized carbons (Fsp3) is 0.385. The maximum Gasteiger partial charge on any atom is 0.429 e. The lowest BCUT2D eigenvalue weighted by Crippen LogP contribution is -2.44. The highest BCUT2D eigenvalue weighted by Crippen LogP contribution is 2.55. The lowest BCUT2D eigenvalue weighted by Gasteiger charge is -2.30. The predicted octanol–water partition coefficient (Wildman–Crippen LogP) is 8.49. The molecule has 6 nitrogen and oxygen atoms in total. The Kier molecular flexibility index (Phi) is 8.42. The Bertz CT molecular complexity index is 1340. The number of imide groups is 1. The van der Waals surface area contributed by atoms with Crippen molar-refractivity contribution in [2.45, 2.75) is 57.5 Å². The van der Waals surface area contributed by atoms with Gasteiger partial charge in [-0.25, -0.2) is 14.5 Å². The van der Waals surface area contributed by atoms with Crippen LogP contribution < -0.4 is 5.48 Å². The van der Waals surface area contributed by atoms with Gasteiger partial charge >= 0.3 is 12.3 Å². The Morgan fingerprint density at radius 3 is 2.23 bits per heavy atom. The summed E-state index contributed by atoms with van der Waals surface area (Å²) >= 11 is 18.5. The highest BCUT2D eigenvalue weighted by Gasteiger charge is 2.64. The van der Waals surface area contributed by atoms with Gasteiger partial charge < -0.3 is 4.74 Å². The number of carbonyl (C=O) groups is 2. The summed E-state index contributed by atoms with van der Waals surface area (Å²) in [5.41, 5.74) is -0.711. The molecule has 2 aromatic rings. The van der Waals surface area contributed by atoms with Crippen LogP contribution in [0.25, 0.3) is 5.70 Å². The lowest BCUT2D eigenvalue weighted by molar-refractivity contribution is -0.270. The molecule has 0 saturated heterocycles. The minimum Gasteiger partial charge on any atom is -0.443 e. The Morgan fingerprint density at radius 1 is 1.10 bits per heavy atom. The zero-order valence-corrected chi connectivity index (χ0v) is 25.6. The van der Waals surface area contributed by atoms with Crippen molar-refractivity contribution >= 4 is 72.8 Å². The highest BCUT2D eigenvalue weighted by atomic mass is 79.9. The fourth-order valence-electron chi connectivity index (χ4n) is 3.97. The van der Waals surface area contributed by atoms with Gasteiger partial charge in [0.25, 0.3) is 0 Å². The molecule has 0 spiro atoms. The van der Waals surface area contributed by atoms with Crippen LogP contribution in [-0.2, 0) is 26.5 Å². The van der Waals surface area contributed by atoms with Crippen LogP contribution in [0.5, 0.6) is 0 Å².